The van der Waals surface area contributed by atoms with Crippen LogP contribution in [0.25, 0.3) is 0 Å². The largest absolute Gasteiger partial charge is 0.385 e. The van der Waals surface area contributed by atoms with Gasteiger partial charge in [0.15, 0.2) is 0 Å². The maximum atomic E-state index is 12.5. The quantitative estimate of drug-likeness (QED) is 0.730. The van der Waals surface area contributed by atoms with Crippen molar-refractivity contribution in [3.8, 4) is 0 Å². The summed E-state index contributed by atoms with van der Waals surface area (Å²) < 4.78 is 10.3. The average Bonchev–Trinajstić information content (AvgIpc) is 2.36. The van der Waals surface area contributed by atoms with Crippen molar-refractivity contribution in [3.05, 3.63) is 0 Å². The molecule has 0 aromatic heterocycles. The Morgan fingerprint density at radius 3 is 2.67 bits per heavy atom. The Bertz CT molecular complexity index is 264. The zero-order valence-corrected chi connectivity index (χ0v) is 12.2. The smallest absolute Gasteiger partial charge is 0.228 e. The lowest BCUT2D eigenvalue weighted by Gasteiger charge is -2.37. The molecule has 0 aromatic carbocycles. The molecular formula is C14H27NO3. The highest BCUT2D eigenvalue weighted by atomic mass is 16.5. The predicted octanol–water partition coefficient (Wildman–Crippen LogP) is 1.93. The van der Waals surface area contributed by atoms with E-state index in [1.807, 2.05) is 18.7 Å². The Morgan fingerprint density at radius 2 is 2.06 bits per heavy atom. The van der Waals surface area contributed by atoms with E-state index in [0.717, 1.165) is 39.0 Å². The molecule has 1 amide bonds. The molecule has 4 nitrogen and oxygen atoms in total. The van der Waals surface area contributed by atoms with Crippen LogP contribution in [0.1, 0.15) is 33.1 Å². The van der Waals surface area contributed by atoms with Gasteiger partial charge in [-0.1, -0.05) is 13.8 Å². The van der Waals surface area contributed by atoms with E-state index in [1.165, 1.54) is 0 Å². The molecule has 1 fully saturated rings. The van der Waals surface area contributed by atoms with Gasteiger partial charge < -0.3 is 14.4 Å². The normalized spacial score (nSPS) is 21.1. The van der Waals surface area contributed by atoms with Crippen LogP contribution < -0.4 is 0 Å². The van der Waals surface area contributed by atoms with Crippen LogP contribution in [0.4, 0.5) is 0 Å². The number of nitrogens with zero attached hydrogens (tertiary/aromatic N) is 1. The number of ether oxygens (including phenoxy) is 2. The van der Waals surface area contributed by atoms with Gasteiger partial charge in [-0.25, -0.2) is 0 Å². The van der Waals surface area contributed by atoms with E-state index in [2.05, 4.69) is 0 Å². The Labute approximate surface area is 111 Å². The fourth-order valence-electron chi connectivity index (χ4n) is 2.51. The number of carbonyl (C=O) groups is 1. The van der Waals surface area contributed by atoms with Crippen molar-refractivity contribution < 1.29 is 14.3 Å². The summed E-state index contributed by atoms with van der Waals surface area (Å²) in [5.74, 6) is 0.742. The first-order valence-corrected chi connectivity index (χ1v) is 6.78. The number of rotatable bonds is 6. The van der Waals surface area contributed by atoms with E-state index in [0.29, 0.717) is 12.5 Å². The van der Waals surface area contributed by atoms with Crippen LogP contribution in [0.15, 0.2) is 0 Å². The third-order valence-corrected chi connectivity index (χ3v) is 3.72. The summed E-state index contributed by atoms with van der Waals surface area (Å²) in [7, 11) is 3.40. The molecule has 4 heteroatoms. The summed E-state index contributed by atoms with van der Waals surface area (Å²) in [4.78, 5) is 14.5. The molecule has 0 spiro atoms. The SMILES string of the molecule is COCCC(C)(C)C(=O)N1CCC[C@H](COC)C1. The standard InChI is InChI=1S/C14H27NO3/c1-14(2,7-9-17-3)13(16)15-8-5-6-12(10-15)11-18-4/h12H,5-11H2,1-4H3/t12-/m0/s1. The zero-order valence-electron chi connectivity index (χ0n) is 12.2. The van der Waals surface area contributed by atoms with Gasteiger partial charge in [0.05, 0.1) is 6.61 Å². The average molecular weight is 257 g/mol. The van der Waals surface area contributed by atoms with Crippen molar-refractivity contribution in [1.82, 2.24) is 4.90 Å². The second-order valence-electron chi connectivity index (χ2n) is 5.84. The summed E-state index contributed by atoms with van der Waals surface area (Å²) >= 11 is 0. The van der Waals surface area contributed by atoms with Crippen LogP contribution in [-0.2, 0) is 14.3 Å². The van der Waals surface area contributed by atoms with Gasteiger partial charge in [0.1, 0.15) is 0 Å². The van der Waals surface area contributed by atoms with Gasteiger partial charge in [0, 0.05) is 39.3 Å². The van der Waals surface area contributed by atoms with Gasteiger partial charge in [-0.3, -0.25) is 4.79 Å². The lowest BCUT2D eigenvalue weighted by atomic mass is 9.86. The summed E-state index contributed by atoms with van der Waals surface area (Å²) in [6.07, 6.45) is 3.02. The van der Waals surface area contributed by atoms with Gasteiger partial charge in [0.2, 0.25) is 5.91 Å². The second kappa shape index (κ2) is 7.10. The molecule has 0 saturated carbocycles. The highest BCUT2D eigenvalue weighted by Crippen LogP contribution is 2.27. The van der Waals surface area contributed by atoms with Crippen molar-refractivity contribution in [3.63, 3.8) is 0 Å². The molecule has 0 radical (unpaired) electrons. The van der Waals surface area contributed by atoms with E-state index in [4.69, 9.17) is 9.47 Å². The number of hydrogen-bond acceptors (Lipinski definition) is 3. The Hall–Kier alpha value is -0.610. The maximum Gasteiger partial charge on any atom is 0.228 e. The van der Waals surface area contributed by atoms with E-state index >= 15 is 0 Å². The Kier molecular flexibility index (Phi) is 6.09. The van der Waals surface area contributed by atoms with Crippen molar-refractivity contribution in [1.29, 1.82) is 0 Å². The molecule has 1 aliphatic heterocycles. The lowest BCUT2D eigenvalue weighted by molar-refractivity contribution is -0.143. The van der Waals surface area contributed by atoms with Gasteiger partial charge in [-0.15, -0.1) is 0 Å². The molecule has 1 saturated heterocycles. The molecule has 0 aromatic rings. The van der Waals surface area contributed by atoms with Crippen LogP contribution in [-0.4, -0.2) is 51.3 Å². The molecule has 1 atom stereocenters. The van der Waals surface area contributed by atoms with Crippen molar-refractivity contribution >= 4 is 5.91 Å². The number of amides is 1. The van der Waals surface area contributed by atoms with Crippen LogP contribution in [0.5, 0.6) is 0 Å². The fraction of sp³-hybridized carbons (Fsp3) is 0.929. The maximum absolute atomic E-state index is 12.5. The fourth-order valence-corrected chi connectivity index (χ4v) is 2.51. The van der Waals surface area contributed by atoms with E-state index in [9.17, 15) is 4.79 Å². The molecule has 18 heavy (non-hydrogen) atoms. The monoisotopic (exact) mass is 257 g/mol. The number of likely N-dealkylation sites (tertiary alicyclic amines) is 1. The highest BCUT2D eigenvalue weighted by Gasteiger charge is 2.34. The van der Waals surface area contributed by atoms with Gasteiger partial charge in [0.25, 0.3) is 0 Å². The molecule has 106 valence electrons. The van der Waals surface area contributed by atoms with E-state index in [1.54, 1.807) is 14.2 Å². The van der Waals surface area contributed by atoms with Crippen molar-refractivity contribution in [2.45, 2.75) is 33.1 Å². The third kappa shape index (κ3) is 4.25. The summed E-state index contributed by atoms with van der Waals surface area (Å²) in [6, 6.07) is 0. The highest BCUT2D eigenvalue weighted by molar-refractivity contribution is 5.82. The minimum Gasteiger partial charge on any atom is -0.385 e. The van der Waals surface area contributed by atoms with Crippen LogP contribution >= 0.6 is 0 Å². The number of carbonyl (C=O) groups excluding carboxylic acids is 1. The molecule has 0 aliphatic carbocycles. The number of piperidine rings is 1. The first-order valence-electron chi connectivity index (χ1n) is 6.78. The molecular weight excluding hydrogens is 230 g/mol. The number of methoxy groups -OCH3 is 2. The predicted molar refractivity (Wildman–Crippen MR) is 71.5 cm³/mol. The van der Waals surface area contributed by atoms with Gasteiger partial charge in [-0.05, 0) is 25.2 Å². The van der Waals surface area contributed by atoms with Crippen molar-refractivity contribution in [2.24, 2.45) is 11.3 Å². The first kappa shape index (κ1) is 15.4. The van der Waals surface area contributed by atoms with Crippen LogP contribution in [0.2, 0.25) is 0 Å². The third-order valence-electron chi connectivity index (χ3n) is 3.72. The van der Waals surface area contributed by atoms with E-state index < -0.39 is 0 Å². The molecule has 1 heterocycles. The Balaban J connectivity index is 2.54. The Morgan fingerprint density at radius 1 is 1.33 bits per heavy atom. The molecule has 1 rings (SSSR count). The minimum absolute atomic E-state index is 0.250. The topological polar surface area (TPSA) is 38.8 Å². The molecule has 0 unspecified atom stereocenters. The van der Waals surface area contributed by atoms with E-state index in [-0.39, 0.29) is 11.3 Å². The number of hydrogen-bond donors (Lipinski definition) is 0. The molecule has 0 N–H and O–H groups in total. The van der Waals surface area contributed by atoms with Gasteiger partial charge in [-0.2, -0.15) is 0 Å². The summed E-state index contributed by atoms with van der Waals surface area (Å²) in [5, 5.41) is 0. The van der Waals surface area contributed by atoms with Crippen LogP contribution in [0.3, 0.4) is 0 Å². The van der Waals surface area contributed by atoms with Gasteiger partial charge >= 0.3 is 0 Å². The van der Waals surface area contributed by atoms with Crippen molar-refractivity contribution in [2.75, 3.05) is 40.5 Å². The second-order valence-corrected chi connectivity index (χ2v) is 5.84. The first-order chi connectivity index (χ1) is 8.51. The van der Waals surface area contributed by atoms with Crippen LogP contribution in [0, 0.1) is 11.3 Å². The zero-order chi connectivity index (χ0) is 13.6. The molecule has 1 aliphatic rings. The summed E-state index contributed by atoms with van der Waals surface area (Å²) in [6.45, 7) is 7.12. The molecule has 0 bridgehead atoms. The lowest BCUT2D eigenvalue weighted by Crippen LogP contribution is -2.47. The minimum atomic E-state index is -0.328. The summed E-state index contributed by atoms with van der Waals surface area (Å²) in [5.41, 5.74) is -0.328.